The maximum atomic E-state index is 9.78. The molecule has 1 atom stereocenters. The molecule has 0 fully saturated rings. The number of ether oxygens (including phenoxy) is 3. The monoisotopic (exact) mass is 481 g/mol. The second-order valence-corrected chi connectivity index (χ2v) is 5.48. The van der Waals surface area contributed by atoms with E-state index in [-0.39, 0.29) is 30.6 Å². The molecule has 3 N–H and O–H groups in total. The predicted molar refractivity (Wildman–Crippen MR) is 115 cm³/mol. The third kappa shape index (κ3) is 11.5. The van der Waals surface area contributed by atoms with Gasteiger partial charge in [-0.1, -0.05) is 12.1 Å². The van der Waals surface area contributed by atoms with E-state index in [1.807, 2.05) is 31.2 Å². The molecule has 0 bridgehead atoms. The lowest BCUT2D eigenvalue weighted by Crippen LogP contribution is -2.42. The molecule has 0 spiro atoms. The van der Waals surface area contributed by atoms with E-state index < -0.39 is 6.10 Å². The Labute approximate surface area is 173 Å². The highest BCUT2D eigenvalue weighted by molar-refractivity contribution is 14.0. The molecule has 1 unspecified atom stereocenters. The third-order valence-electron chi connectivity index (χ3n) is 3.41. The van der Waals surface area contributed by atoms with Crippen LogP contribution in [0.25, 0.3) is 0 Å². The molecule has 1 aromatic rings. The molecule has 26 heavy (non-hydrogen) atoms. The van der Waals surface area contributed by atoms with Gasteiger partial charge in [-0.2, -0.15) is 0 Å². The zero-order valence-corrected chi connectivity index (χ0v) is 18.2. The average Bonchev–Trinajstić information content (AvgIpc) is 2.63. The second kappa shape index (κ2) is 16.1. The first kappa shape index (κ1) is 24.9. The maximum Gasteiger partial charge on any atom is 0.191 e. The van der Waals surface area contributed by atoms with Gasteiger partial charge < -0.3 is 30.0 Å². The number of aliphatic hydroxyl groups excluding tert-OH is 1. The zero-order chi connectivity index (χ0) is 18.3. The fraction of sp³-hybridized carbons (Fsp3) is 0.611. The number of halogens is 1. The predicted octanol–water partition coefficient (Wildman–Crippen LogP) is 1.78. The van der Waals surface area contributed by atoms with E-state index in [0.29, 0.717) is 25.7 Å². The fourth-order valence-electron chi connectivity index (χ4n) is 2.07. The Hall–Kier alpha value is -1.10. The Morgan fingerprint density at radius 2 is 1.92 bits per heavy atom. The standard InChI is InChI=1S/C18H31N3O4.HI/c1-4-25-11-5-10-19-18(21-13-16(22)14-23-2)20-12-15-6-8-17(24-3)9-7-15;/h6-9,16,22H,4-5,10-14H2,1-3H3,(H2,19,20,21);1H. The first-order valence-electron chi connectivity index (χ1n) is 8.59. The summed E-state index contributed by atoms with van der Waals surface area (Å²) in [5.74, 6) is 1.48. The minimum absolute atomic E-state index is 0. The van der Waals surface area contributed by atoms with Crippen molar-refractivity contribution in [3.05, 3.63) is 29.8 Å². The summed E-state index contributed by atoms with van der Waals surface area (Å²) < 4.78 is 15.4. The number of guanidine groups is 1. The number of hydrogen-bond acceptors (Lipinski definition) is 5. The van der Waals surface area contributed by atoms with E-state index in [0.717, 1.165) is 30.9 Å². The van der Waals surface area contributed by atoms with Crippen LogP contribution < -0.4 is 15.4 Å². The van der Waals surface area contributed by atoms with Crippen molar-refractivity contribution in [3.8, 4) is 5.75 Å². The SMILES string of the molecule is CCOCCCNC(=NCc1ccc(OC)cc1)NCC(O)COC.I. The summed E-state index contributed by atoms with van der Waals surface area (Å²) in [6.45, 7) is 5.34. The Kier molecular flexibility index (Phi) is 15.4. The Balaban J connectivity index is 0.00000625. The van der Waals surface area contributed by atoms with Gasteiger partial charge in [0.2, 0.25) is 0 Å². The van der Waals surface area contributed by atoms with Gasteiger partial charge in [0.1, 0.15) is 5.75 Å². The van der Waals surface area contributed by atoms with Gasteiger partial charge in [0.05, 0.1) is 26.4 Å². The van der Waals surface area contributed by atoms with Crippen molar-refractivity contribution in [2.75, 3.05) is 47.1 Å². The second-order valence-electron chi connectivity index (χ2n) is 5.48. The summed E-state index contributed by atoms with van der Waals surface area (Å²) >= 11 is 0. The Morgan fingerprint density at radius 1 is 1.19 bits per heavy atom. The van der Waals surface area contributed by atoms with Crippen molar-refractivity contribution in [2.45, 2.75) is 26.0 Å². The molecule has 0 heterocycles. The number of hydrogen-bond donors (Lipinski definition) is 3. The van der Waals surface area contributed by atoms with Crippen molar-refractivity contribution >= 4 is 29.9 Å². The molecular weight excluding hydrogens is 449 g/mol. The molecule has 0 radical (unpaired) electrons. The number of nitrogens with one attached hydrogen (secondary N) is 2. The molecule has 7 nitrogen and oxygen atoms in total. The summed E-state index contributed by atoms with van der Waals surface area (Å²) in [6, 6.07) is 7.79. The molecule has 8 heteroatoms. The maximum absolute atomic E-state index is 9.78. The molecule has 0 aliphatic carbocycles. The van der Waals surface area contributed by atoms with Crippen LogP contribution in [-0.4, -0.2) is 64.3 Å². The quantitative estimate of drug-likeness (QED) is 0.183. The van der Waals surface area contributed by atoms with Gasteiger partial charge in [0, 0.05) is 33.4 Å². The summed E-state index contributed by atoms with van der Waals surface area (Å²) in [5.41, 5.74) is 1.08. The van der Waals surface area contributed by atoms with E-state index in [4.69, 9.17) is 14.2 Å². The minimum atomic E-state index is -0.582. The third-order valence-corrected chi connectivity index (χ3v) is 3.41. The van der Waals surface area contributed by atoms with Crippen LogP contribution in [0.15, 0.2) is 29.3 Å². The van der Waals surface area contributed by atoms with E-state index in [1.54, 1.807) is 14.2 Å². The molecule has 0 saturated heterocycles. The number of aliphatic hydroxyl groups is 1. The van der Waals surface area contributed by atoms with Gasteiger partial charge in [0.15, 0.2) is 5.96 Å². The highest BCUT2D eigenvalue weighted by Gasteiger charge is 2.05. The summed E-state index contributed by atoms with van der Waals surface area (Å²) in [7, 11) is 3.21. The van der Waals surface area contributed by atoms with Gasteiger partial charge in [-0.05, 0) is 31.0 Å². The lowest BCUT2D eigenvalue weighted by molar-refractivity contribution is 0.0673. The van der Waals surface area contributed by atoms with Crippen molar-refractivity contribution in [1.29, 1.82) is 0 Å². The normalized spacial score (nSPS) is 12.2. The Bertz CT molecular complexity index is 486. The van der Waals surface area contributed by atoms with Gasteiger partial charge in [-0.3, -0.25) is 0 Å². The number of benzene rings is 1. The molecule has 1 aromatic carbocycles. The van der Waals surface area contributed by atoms with Crippen molar-refractivity contribution in [1.82, 2.24) is 10.6 Å². The van der Waals surface area contributed by atoms with Crippen LogP contribution in [0.5, 0.6) is 5.75 Å². The largest absolute Gasteiger partial charge is 0.497 e. The summed E-state index contributed by atoms with van der Waals surface area (Å²) in [6.07, 6.45) is 0.305. The first-order valence-corrected chi connectivity index (χ1v) is 8.59. The molecule has 0 aromatic heterocycles. The van der Waals surface area contributed by atoms with Gasteiger partial charge >= 0.3 is 0 Å². The van der Waals surface area contributed by atoms with Gasteiger partial charge in [-0.15, -0.1) is 24.0 Å². The zero-order valence-electron chi connectivity index (χ0n) is 15.9. The molecule has 0 amide bonds. The highest BCUT2D eigenvalue weighted by atomic mass is 127. The van der Waals surface area contributed by atoms with Crippen molar-refractivity contribution in [3.63, 3.8) is 0 Å². The molecular formula is C18H32IN3O4. The lowest BCUT2D eigenvalue weighted by Gasteiger charge is -2.15. The first-order chi connectivity index (χ1) is 12.2. The van der Waals surface area contributed by atoms with Crippen molar-refractivity contribution in [2.24, 2.45) is 4.99 Å². The van der Waals surface area contributed by atoms with E-state index in [9.17, 15) is 5.11 Å². The van der Waals surface area contributed by atoms with E-state index in [2.05, 4.69) is 15.6 Å². The van der Waals surface area contributed by atoms with Crippen LogP contribution in [0.4, 0.5) is 0 Å². The van der Waals surface area contributed by atoms with E-state index in [1.165, 1.54) is 0 Å². The van der Waals surface area contributed by atoms with Crippen LogP contribution in [-0.2, 0) is 16.0 Å². The van der Waals surface area contributed by atoms with Crippen LogP contribution in [0.3, 0.4) is 0 Å². The minimum Gasteiger partial charge on any atom is -0.497 e. The van der Waals surface area contributed by atoms with Crippen molar-refractivity contribution < 1.29 is 19.3 Å². The van der Waals surface area contributed by atoms with Crippen LogP contribution in [0.2, 0.25) is 0 Å². The van der Waals surface area contributed by atoms with Crippen LogP contribution in [0.1, 0.15) is 18.9 Å². The van der Waals surface area contributed by atoms with Gasteiger partial charge in [-0.25, -0.2) is 4.99 Å². The summed E-state index contributed by atoms with van der Waals surface area (Å²) in [5, 5.41) is 16.2. The number of methoxy groups -OCH3 is 2. The smallest absolute Gasteiger partial charge is 0.191 e. The molecule has 1 rings (SSSR count). The number of aliphatic imine (C=N–C) groups is 1. The highest BCUT2D eigenvalue weighted by Crippen LogP contribution is 2.11. The number of rotatable bonds is 12. The topological polar surface area (TPSA) is 84.3 Å². The van der Waals surface area contributed by atoms with Crippen LogP contribution in [0, 0.1) is 0 Å². The lowest BCUT2D eigenvalue weighted by atomic mass is 10.2. The fourth-order valence-corrected chi connectivity index (χ4v) is 2.07. The molecule has 150 valence electrons. The molecule has 0 saturated carbocycles. The molecule has 0 aliphatic heterocycles. The van der Waals surface area contributed by atoms with Gasteiger partial charge in [0.25, 0.3) is 0 Å². The molecule has 0 aliphatic rings. The number of nitrogens with zero attached hydrogens (tertiary/aromatic N) is 1. The van der Waals surface area contributed by atoms with Crippen LogP contribution >= 0.6 is 24.0 Å². The van der Waals surface area contributed by atoms with E-state index >= 15 is 0 Å². The average molecular weight is 481 g/mol. The summed E-state index contributed by atoms with van der Waals surface area (Å²) in [4.78, 5) is 4.56. The Morgan fingerprint density at radius 3 is 2.54 bits per heavy atom.